The number of benzene rings is 2. The van der Waals surface area contributed by atoms with Crippen LogP contribution in [-0.2, 0) is 19.4 Å². The van der Waals surface area contributed by atoms with E-state index in [9.17, 15) is 4.79 Å². The fourth-order valence-corrected chi connectivity index (χ4v) is 7.19. The summed E-state index contributed by atoms with van der Waals surface area (Å²) in [6.07, 6.45) is 6.83. The number of carbonyl (C=O) groups excluding carboxylic acids is 1. The maximum absolute atomic E-state index is 14.1. The summed E-state index contributed by atoms with van der Waals surface area (Å²) in [6.45, 7) is 4.69. The number of hydrogen-bond donors (Lipinski definition) is 1. The van der Waals surface area contributed by atoms with Crippen molar-refractivity contribution in [1.29, 1.82) is 0 Å². The van der Waals surface area contributed by atoms with Crippen LogP contribution < -0.4 is 10.1 Å². The van der Waals surface area contributed by atoms with Gasteiger partial charge in [-0.05, 0) is 98.2 Å². The lowest BCUT2D eigenvalue weighted by Gasteiger charge is -2.31. The number of ether oxygens (including phenoxy) is 1. The highest BCUT2D eigenvalue weighted by molar-refractivity contribution is 7.15. The highest BCUT2D eigenvalue weighted by Gasteiger charge is 2.36. The molecule has 3 heterocycles. The van der Waals surface area contributed by atoms with Crippen molar-refractivity contribution in [1.82, 2.24) is 9.47 Å². The number of aromatic nitrogens is 1. The molecule has 1 aliphatic heterocycles. The monoisotopic (exact) mass is 497 g/mol. The van der Waals surface area contributed by atoms with Gasteiger partial charge < -0.3 is 19.5 Å². The van der Waals surface area contributed by atoms with Gasteiger partial charge in [0.2, 0.25) is 0 Å². The standard InChI is InChI=1S/C30H31N3O2S/c1-19-14-20(2)16-22(15-19)31-30(34)33-18-25-24-10-4-5-12-27(24)36-29(25)32-13-7-11-26(32)28(33)21-8-6-9-23(17-21)35-3/h6-9,11,13-17,28H,4-5,10,12,18H2,1-3H3,(H,31,34). The Kier molecular flexibility index (Phi) is 5.84. The fourth-order valence-electron chi connectivity index (χ4n) is 5.79. The number of carbonyl (C=O) groups is 1. The van der Waals surface area contributed by atoms with Crippen LogP contribution in [0.3, 0.4) is 0 Å². The van der Waals surface area contributed by atoms with E-state index >= 15 is 0 Å². The molecule has 0 saturated carbocycles. The Hall–Kier alpha value is -3.51. The van der Waals surface area contributed by atoms with Crippen molar-refractivity contribution in [3.63, 3.8) is 0 Å². The third kappa shape index (κ3) is 3.99. The van der Waals surface area contributed by atoms with E-state index in [-0.39, 0.29) is 12.1 Å². The van der Waals surface area contributed by atoms with E-state index in [1.165, 1.54) is 33.8 Å². The summed E-state index contributed by atoms with van der Waals surface area (Å²) in [5.41, 5.74) is 7.98. The van der Waals surface area contributed by atoms with Crippen LogP contribution in [0, 0.1) is 13.8 Å². The second-order valence-corrected chi connectivity index (χ2v) is 11.0. The van der Waals surface area contributed by atoms with Gasteiger partial charge in [-0.15, -0.1) is 11.3 Å². The van der Waals surface area contributed by atoms with Crippen LogP contribution in [0.5, 0.6) is 5.75 Å². The lowest BCUT2D eigenvalue weighted by molar-refractivity contribution is 0.194. The minimum atomic E-state index is -0.250. The number of methoxy groups -OCH3 is 1. The minimum absolute atomic E-state index is 0.0934. The topological polar surface area (TPSA) is 46.5 Å². The summed E-state index contributed by atoms with van der Waals surface area (Å²) in [4.78, 5) is 17.6. The number of hydrogen-bond acceptors (Lipinski definition) is 3. The van der Waals surface area contributed by atoms with E-state index in [1.807, 2.05) is 46.6 Å². The highest BCUT2D eigenvalue weighted by atomic mass is 32.1. The predicted octanol–water partition coefficient (Wildman–Crippen LogP) is 7.18. The van der Waals surface area contributed by atoms with Crippen LogP contribution in [0.2, 0.25) is 0 Å². The number of aryl methyl sites for hydroxylation is 3. The summed E-state index contributed by atoms with van der Waals surface area (Å²) in [5, 5.41) is 4.49. The lowest BCUT2D eigenvalue weighted by atomic mass is 9.95. The smallest absolute Gasteiger partial charge is 0.322 e. The Morgan fingerprint density at radius 2 is 1.81 bits per heavy atom. The number of urea groups is 1. The number of fused-ring (bicyclic) bond motifs is 5. The fraction of sp³-hybridized carbons (Fsp3) is 0.300. The molecule has 1 aliphatic carbocycles. The first-order valence-corrected chi connectivity index (χ1v) is 13.4. The molecule has 5 nitrogen and oxygen atoms in total. The summed E-state index contributed by atoms with van der Waals surface area (Å²) in [7, 11) is 1.68. The molecule has 0 radical (unpaired) electrons. The average Bonchev–Trinajstić information content (AvgIpc) is 3.45. The molecule has 6 rings (SSSR count). The molecule has 0 bridgehead atoms. The van der Waals surface area contributed by atoms with Crippen molar-refractivity contribution in [3.05, 3.63) is 99.2 Å². The Morgan fingerprint density at radius 1 is 1.00 bits per heavy atom. The Balaban J connectivity index is 1.50. The molecule has 1 unspecified atom stereocenters. The van der Waals surface area contributed by atoms with Gasteiger partial charge in [0.1, 0.15) is 10.8 Å². The zero-order chi connectivity index (χ0) is 24.8. The van der Waals surface area contributed by atoms with Crippen LogP contribution in [-0.4, -0.2) is 22.6 Å². The molecule has 36 heavy (non-hydrogen) atoms. The van der Waals surface area contributed by atoms with E-state index < -0.39 is 0 Å². The van der Waals surface area contributed by atoms with Crippen LogP contribution >= 0.6 is 11.3 Å². The molecule has 2 aromatic carbocycles. The Morgan fingerprint density at radius 3 is 2.61 bits per heavy atom. The number of anilines is 1. The zero-order valence-corrected chi connectivity index (χ0v) is 21.8. The molecule has 184 valence electrons. The number of amides is 2. The molecule has 2 amide bonds. The van der Waals surface area contributed by atoms with Crippen molar-refractivity contribution in [3.8, 4) is 10.8 Å². The summed E-state index contributed by atoms with van der Waals surface area (Å²) >= 11 is 1.90. The maximum Gasteiger partial charge on any atom is 0.322 e. The number of rotatable bonds is 3. The first-order chi connectivity index (χ1) is 17.5. The lowest BCUT2D eigenvalue weighted by Crippen LogP contribution is -2.38. The van der Waals surface area contributed by atoms with Gasteiger partial charge in [-0.25, -0.2) is 4.79 Å². The van der Waals surface area contributed by atoms with Gasteiger partial charge in [0.25, 0.3) is 0 Å². The van der Waals surface area contributed by atoms with E-state index in [1.54, 1.807) is 7.11 Å². The summed E-state index contributed by atoms with van der Waals surface area (Å²) in [6, 6.07) is 18.2. The Bertz CT molecular complexity index is 1430. The van der Waals surface area contributed by atoms with Crippen molar-refractivity contribution >= 4 is 23.1 Å². The normalized spacial score (nSPS) is 16.5. The number of nitrogens with one attached hydrogen (secondary N) is 1. The quantitative estimate of drug-likeness (QED) is 0.326. The third-order valence-electron chi connectivity index (χ3n) is 7.32. The van der Waals surface area contributed by atoms with Crippen molar-refractivity contribution in [2.45, 2.75) is 52.1 Å². The van der Waals surface area contributed by atoms with E-state index in [0.717, 1.165) is 46.7 Å². The maximum atomic E-state index is 14.1. The Labute approximate surface area is 216 Å². The van der Waals surface area contributed by atoms with Gasteiger partial charge >= 0.3 is 6.03 Å². The molecular weight excluding hydrogens is 466 g/mol. The molecule has 2 aromatic heterocycles. The van der Waals surface area contributed by atoms with Gasteiger partial charge in [0.15, 0.2) is 0 Å². The predicted molar refractivity (Wildman–Crippen MR) is 146 cm³/mol. The first kappa shape index (κ1) is 22.9. The number of nitrogens with zero attached hydrogens (tertiary/aromatic N) is 2. The van der Waals surface area contributed by atoms with Crippen molar-refractivity contribution in [2.24, 2.45) is 0 Å². The minimum Gasteiger partial charge on any atom is -0.497 e. The van der Waals surface area contributed by atoms with Gasteiger partial charge in [-0.1, -0.05) is 18.2 Å². The third-order valence-corrected chi connectivity index (χ3v) is 8.66. The second kappa shape index (κ2) is 9.17. The number of thiophene rings is 1. The zero-order valence-electron chi connectivity index (χ0n) is 21.0. The van der Waals surface area contributed by atoms with Crippen molar-refractivity contribution in [2.75, 3.05) is 12.4 Å². The van der Waals surface area contributed by atoms with Gasteiger partial charge in [0, 0.05) is 22.3 Å². The van der Waals surface area contributed by atoms with Crippen molar-refractivity contribution < 1.29 is 9.53 Å². The highest BCUT2D eigenvalue weighted by Crippen LogP contribution is 2.44. The first-order valence-electron chi connectivity index (χ1n) is 12.6. The van der Waals surface area contributed by atoms with E-state index in [0.29, 0.717) is 6.54 Å². The molecule has 1 N–H and O–H groups in total. The molecule has 0 saturated heterocycles. The van der Waals surface area contributed by atoms with Crippen LogP contribution in [0.4, 0.5) is 10.5 Å². The molecule has 2 aliphatic rings. The molecule has 4 aromatic rings. The molecular formula is C30H31N3O2S. The van der Waals surface area contributed by atoms with E-state index in [2.05, 4.69) is 54.2 Å². The van der Waals surface area contributed by atoms with Crippen LogP contribution in [0.15, 0.2) is 60.8 Å². The molecule has 0 fully saturated rings. The van der Waals surface area contributed by atoms with Gasteiger partial charge in [-0.3, -0.25) is 0 Å². The largest absolute Gasteiger partial charge is 0.497 e. The summed E-state index contributed by atoms with van der Waals surface area (Å²) in [5.74, 6) is 0.789. The van der Waals surface area contributed by atoms with Gasteiger partial charge in [-0.2, -0.15) is 0 Å². The molecule has 0 spiro atoms. The molecule has 6 heteroatoms. The SMILES string of the molecule is COc1cccc(C2c3cccn3-c3sc4c(c3CN2C(=O)Nc2cc(C)cc(C)c2)CCCC4)c1. The summed E-state index contributed by atoms with van der Waals surface area (Å²) < 4.78 is 7.87. The van der Waals surface area contributed by atoms with E-state index in [4.69, 9.17) is 4.74 Å². The molecule has 1 atom stereocenters. The van der Waals surface area contributed by atoms with Gasteiger partial charge in [0.05, 0.1) is 25.4 Å². The van der Waals surface area contributed by atoms with Crippen LogP contribution in [0.1, 0.15) is 57.3 Å². The van der Waals surface area contributed by atoms with Crippen LogP contribution in [0.25, 0.3) is 5.00 Å². The average molecular weight is 498 g/mol. The second-order valence-electron chi connectivity index (χ2n) is 9.91.